The number of nitrogens with two attached hydrogens (primary N) is 1. The van der Waals surface area contributed by atoms with Crippen LogP contribution >= 0.6 is 11.3 Å². The number of halogens is 1. The number of nitrogens with one attached hydrogen (secondary N) is 2. The van der Waals surface area contributed by atoms with Crippen molar-refractivity contribution in [3.63, 3.8) is 0 Å². The molecule has 156 valence electrons. The molecular formula is C22H23FN4O2S. The Labute approximate surface area is 177 Å². The van der Waals surface area contributed by atoms with Gasteiger partial charge in [0.05, 0.1) is 10.2 Å². The Balaban J connectivity index is 1.27. The van der Waals surface area contributed by atoms with Gasteiger partial charge >= 0.3 is 0 Å². The summed E-state index contributed by atoms with van der Waals surface area (Å²) in [4.78, 5) is 29.2. The lowest BCUT2D eigenvalue weighted by Gasteiger charge is -2.28. The Bertz CT molecular complexity index is 1080. The van der Waals surface area contributed by atoms with Crippen molar-refractivity contribution in [1.82, 2.24) is 15.6 Å². The quantitative estimate of drug-likeness (QED) is 0.580. The molecule has 3 aromatic rings. The number of benzene rings is 2. The maximum atomic E-state index is 13.7. The Kier molecular flexibility index (Phi) is 5.94. The second kappa shape index (κ2) is 8.79. The first-order valence-corrected chi connectivity index (χ1v) is 10.8. The fourth-order valence-electron chi connectivity index (χ4n) is 3.82. The zero-order valence-electron chi connectivity index (χ0n) is 16.4. The largest absolute Gasteiger partial charge is 0.375 e. The molecule has 8 heteroatoms. The van der Waals surface area contributed by atoms with Gasteiger partial charge in [0.1, 0.15) is 5.82 Å². The summed E-state index contributed by atoms with van der Waals surface area (Å²) in [7, 11) is 0. The molecule has 1 aliphatic carbocycles. The molecule has 1 heterocycles. The highest BCUT2D eigenvalue weighted by Gasteiger charge is 2.27. The molecule has 0 unspecified atom stereocenters. The van der Waals surface area contributed by atoms with E-state index in [2.05, 4.69) is 15.6 Å². The van der Waals surface area contributed by atoms with Crippen LogP contribution in [-0.4, -0.2) is 22.8 Å². The zero-order valence-corrected chi connectivity index (χ0v) is 17.2. The second-order valence-electron chi connectivity index (χ2n) is 7.57. The third-order valence-electron chi connectivity index (χ3n) is 5.51. The maximum absolute atomic E-state index is 13.7. The van der Waals surface area contributed by atoms with E-state index in [1.165, 1.54) is 17.4 Å². The number of rotatable bonds is 5. The summed E-state index contributed by atoms with van der Waals surface area (Å²) in [5, 5.41) is 6.36. The molecule has 1 aromatic heterocycles. The minimum absolute atomic E-state index is 0.0318. The van der Waals surface area contributed by atoms with Gasteiger partial charge in [-0.1, -0.05) is 29.5 Å². The van der Waals surface area contributed by atoms with Gasteiger partial charge in [-0.3, -0.25) is 9.59 Å². The van der Waals surface area contributed by atoms with E-state index in [-0.39, 0.29) is 36.1 Å². The van der Waals surface area contributed by atoms with Gasteiger partial charge in [0.15, 0.2) is 5.13 Å². The smallest absolute Gasteiger partial charge is 0.251 e. The van der Waals surface area contributed by atoms with Crippen LogP contribution in [0.3, 0.4) is 0 Å². The predicted octanol–water partition coefficient (Wildman–Crippen LogP) is 3.62. The average molecular weight is 427 g/mol. The number of thiazole rings is 1. The molecular weight excluding hydrogens is 403 g/mol. The molecule has 0 atom stereocenters. The summed E-state index contributed by atoms with van der Waals surface area (Å²) in [6, 6.07) is 11.8. The molecule has 30 heavy (non-hydrogen) atoms. The van der Waals surface area contributed by atoms with Gasteiger partial charge < -0.3 is 16.4 Å². The summed E-state index contributed by atoms with van der Waals surface area (Å²) in [5.74, 6) is -0.632. The fourth-order valence-corrected chi connectivity index (χ4v) is 4.54. The molecule has 1 saturated carbocycles. The van der Waals surface area contributed by atoms with Crippen molar-refractivity contribution in [2.75, 3.05) is 5.73 Å². The first-order valence-electron chi connectivity index (χ1n) is 9.97. The third-order valence-corrected chi connectivity index (χ3v) is 6.38. The number of hydrogen-bond donors (Lipinski definition) is 3. The normalized spacial score (nSPS) is 18.8. The molecule has 1 aliphatic rings. The van der Waals surface area contributed by atoms with E-state index < -0.39 is 0 Å². The molecule has 1 fully saturated rings. The van der Waals surface area contributed by atoms with E-state index in [1.54, 1.807) is 30.3 Å². The number of nitrogens with zero attached hydrogens (tertiary/aromatic N) is 1. The van der Waals surface area contributed by atoms with Gasteiger partial charge in [0.25, 0.3) is 5.91 Å². The molecule has 0 aliphatic heterocycles. The van der Waals surface area contributed by atoms with Crippen LogP contribution in [-0.2, 0) is 11.3 Å². The molecule has 2 aromatic carbocycles. The molecule has 0 saturated heterocycles. The molecule has 2 amide bonds. The van der Waals surface area contributed by atoms with Gasteiger partial charge in [-0.25, -0.2) is 9.37 Å². The van der Waals surface area contributed by atoms with Crippen molar-refractivity contribution in [3.8, 4) is 0 Å². The average Bonchev–Trinajstić information content (AvgIpc) is 3.12. The van der Waals surface area contributed by atoms with Crippen molar-refractivity contribution in [2.45, 2.75) is 38.3 Å². The number of hydrogen-bond acceptors (Lipinski definition) is 5. The summed E-state index contributed by atoms with van der Waals surface area (Å²) >= 11 is 1.39. The van der Waals surface area contributed by atoms with E-state index in [0.29, 0.717) is 29.1 Å². The number of carbonyl (C=O) groups is 2. The maximum Gasteiger partial charge on any atom is 0.251 e. The lowest BCUT2D eigenvalue weighted by molar-refractivity contribution is -0.126. The van der Waals surface area contributed by atoms with Crippen LogP contribution in [0.2, 0.25) is 0 Å². The highest BCUT2D eigenvalue weighted by molar-refractivity contribution is 7.22. The SMILES string of the molecule is Nc1nc2cc(C(=O)NC3CCC(C(=O)NCc4ccccc4F)CC3)ccc2s1. The highest BCUT2D eigenvalue weighted by atomic mass is 32.1. The molecule has 6 nitrogen and oxygen atoms in total. The summed E-state index contributed by atoms with van der Waals surface area (Å²) < 4.78 is 14.6. The van der Waals surface area contributed by atoms with E-state index in [4.69, 9.17) is 5.73 Å². The monoisotopic (exact) mass is 426 g/mol. The Morgan fingerprint density at radius 2 is 1.90 bits per heavy atom. The van der Waals surface area contributed by atoms with E-state index in [9.17, 15) is 14.0 Å². The van der Waals surface area contributed by atoms with Crippen LogP contribution < -0.4 is 16.4 Å². The number of aromatic nitrogens is 1. The lowest BCUT2D eigenvalue weighted by Crippen LogP contribution is -2.40. The van der Waals surface area contributed by atoms with Crippen molar-refractivity contribution >= 4 is 38.5 Å². The standard InChI is InChI=1S/C22H23FN4O2S/c23-17-4-2-1-3-15(17)12-25-20(28)13-5-8-16(9-6-13)26-21(29)14-7-10-19-18(11-14)27-22(24)30-19/h1-4,7,10-11,13,16H,5-6,8-9,12H2,(H2,24,27)(H,25,28)(H,26,29). The van der Waals surface area contributed by atoms with Gasteiger partial charge in [0.2, 0.25) is 5.91 Å². The second-order valence-corrected chi connectivity index (χ2v) is 8.63. The van der Waals surface area contributed by atoms with E-state index in [0.717, 1.165) is 23.1 Å². The fraction of sp³-hybridized carbons (Fsp3) is 0.318. The number of nitrogen functional groups attached to an aromatic ring is 1. The van der Waals surface area contributed by atoms with Crippen molar-refractivity contribution in [1.29, 1.82) is 0 Å². The highest BCUT2D eigenvalue weighted by Crippen LogP contribution is 2.26. The first-order chi connectivity index (χ1) is 14.5. The summed E-state index contributed by atoms with van der Waals surface area (Å²) in [5.41, 5.74) is 7.47. The molecule has 0 radical (unpaired) electrons. The zero-order chi connectivity index (χ0) is 21.1. The molecule has 0 spiro atoms. The van der Waals surface area contributed by atoms with E-state index >= 15 is 0 Å². The van der Waals surface area contributed by atoms with Gasteiger partial charge in [0, 0.05) is 29.6 Å². The number of carbonyl (C=O) groups excluding carboxylic acids is 2. The molecule has 4 N–H and O–H groups in total. The van der Waals surface area contributed by atoms with Crippen LogP contribution in [0.25, 0.3) is 10.2 Å². The minimum Gasteiger partial charge on any atom is -0.375 e. The topological polar surface area (TPSA) is 97.1 Å². The molecule has 4 rings (SSSR count). The lowest BCUT2D eigenvalue weighted by atomic mass is 9.85. The summed E-state index contributed by atoms with van der Waals surface area (Å²) in [6.45, 7) is 0.186. The minimum atomic E-state index is -0.317. The van der Waals surface area contributed by atoms with Gasteiger partial charge in [-0.15, -0.1) is 0 Å². The number of amides is 2. The van der Waals surface area contributed by atoms with Gasteiger partial charge in [-0.2, -0.15) is 0 Å². The van der Waals surface area contributed by atoms with Crippen molar-refractivity contribution < 1.29 is 14.0 Å². The van der Waals surface area contributed by atoms with Crippen LogP contribution in [0.4, 0.5) is 9.52 Å². The van der Waals surface area contributed by atoms with Crippen molar-refractivity contribution in [3.05, 3.63) is 59.4 Å². The van der Waals surface area contributed by atoms with Crippen LogP contribution in [0.1, 0.15) is 41.6 Å². The van der Waals surface area contributed by atoms with Crippen LogP contribution in [0, 0.1) is 11.7 Å². The predicted molar refractivity (Wildman–Crippen MR) is 115 cm³/mol. The molecule has 0 bridgehead atoms. The first kappa shape index (κ1) is 20.3. The third kappa shape index (κ3) is 4.59. The summed E-state index contributed by atoms with van der Waals surface area (Å²) in [6.07, 6.45) is 2.84. The van der Waals surface area contributed by atoms with Crippen LogP contribution in [0.5, 0.6) is 0 Å². The van der Waals surface area contributed by atoms with E-state index in [1.807, 2.05) is 6.07 Å². The van der Waals surface area contributed by atoms with Crippen molar-refractivity contribution in [2.24, 2.45) is 5.92 Å². The van der Waals surface area contributed by atoms with Crippen LogP contribution in [0.15, 0.2) is 42.5 Å². The number of anilines is 1. The van der Waals surface area contributed by atoms with Gasteiger partial charge in [-0.05, 0) is 49.9 Å². The number of fused-ring (bicyclic) bond motifs is 1. The Morgan fingerprint density at radius 3 is 2.67 bits per heavy atom. The Hall–Kier alpha value is -3.00. The Morgan fingerprint density at radius 1 is 1.13 bits per heavy atom.